The Hall–Kier alpha value is -3.35. The van der Waals surface area contributed by atoms with E-state index < -0.39 is 11.5 Å². The van der Waals surface area contributed by atoms with Gasteiger partial charge in [-0.05, 0) is 34.1 Å². The zero-order valence-electron chi connectivity index (χ0n) is 13.7. The van der Waals surface area contributed by atoms with Crippen LogP contribution in [0, 0.1) is 0 Å². The molecule has 0 unspecified atom stereocenters. The van der Waals surface area contributed by atoms with Crippen molar-refractivity contribution in [1.29, 1.82) is 0 Å². The van der Waals surface area contributed by atoms with Crippen LogP contribution in [0.25, 0.3) is 5.69 Å². The third-order valence-electron chi connectivity index (χ3n) is 3.73. The number of carbonyl (C=O) groups is 1. The Bertz CT molecular complexity index is 898. The molecule has 0 aliphatic heterocycles. The molecule has 0 aliphatic carbocycles. The first-order chi connectivity index (χ1) is 12.2. The minimum atomic E-state index is -0.729. The molecule has 1 amide bonds. The zero-order chi connectivity index (χ0) is 17.6. The number of hydrogen-bond acceptors (Lipinski definition) is 4. The summed E-state index contributed by atoms with van der Waals surface area (Å²) in [4.78, 5) is 24.3. The predicted octanol–water partition coefficient (Wildman–Crippen LogP) is 1.23. The number of aromatic nitrogens is 2. The topological polar surface area (TPSA) is 88.2 Å². The summed E-state index contributed by atoms with van der Waals surface area (Å²) in [5.41, 5.74) is 0.845. The van der Waals surface area contributed by atoms with Crippen molar-refractivity contribution < 1.29 is 18.7 Å². The molecule has 0 saturated carbocycles. The number of methoxy groups -OCH3 is 1. The van der Waals surface area contributed by atoms with Crippen LogP contribution in [0.3, 0.4) is 0 Å². The maximum absolute atomic E-state index is 12.4. The maximum atomic E-state index is 12.4. The van der Waals surface area contributed by atoms with E-state index >= 15 is 0 Å². The van der Waals surface area contributed by atoms with Gasteiger partial charge in [-0.2, -0.15) is 0 Å². The van der Waals surface area contributed by atoms with Crippen LogP contribution >= 0.6 is 0 Å². The first-order valence-corrected chi connectivity index (χ1v) is 7.79. The normalized spacial score (nSPS) is 10.4. The molecular weight excluding hydrogens is 322 g/mol. The first-order valence-electron chi connectivity index (χ1n) is 7.79. The predicted molar refractivity (Wildman–Crippen MR) is 89.9 cm³/mol. The van der Waals surface area contributed by atoms with Gasteiger partial charge in [-0.25, -0.2) is 4.79 Å². The highest BCUT2D eigenvalue weighted by Crippen LogP contribution is 2.10. The zero-order valence-corrected chi connectivity index (χ0v) is 13.7. The van der Waals surface area contributed by atoms with Crippen LogP contribution in [0.5, 0.6) is 5.75 Å². The molecule has 25 heavy (non-hydrogen) atoms. The Morgan fingerprint density at radius 3 is 2.56 bits per heavy atom. The fraction of sp³-hybridized carbons (Fsp3) is 0.167. The minimum absolute atomic E-state index is 0.113. The highest BCUT2D eigenvalue weighted by atomic mass is 16.5. The molecule has 0 spiro atoms. The quantitative estimate of drug-likeness (QED) is 0.661. The summed E-state index contributed by atoms with van der Waals surface area (Å²) in [6.07, 6.45) is 0.672. The van der Waals surface area contributed by atoms with E-state index in [1.54, 1.807) is 31.4 Å². The van der Waals surface area contributed by atoms with Crippen LogP contribution in [0.15, 0.2) is 63.9 Å². The van der Waals surface area contributed by atoms with E-state index in [2.05, 4.69) is 10.6 Å². The smallest absolute Gasteiger partial charge is 0.441 e. The average molecular weight is 340 g/mol. The van der Waals surface area contributed by atoms with Gasteiger partial charge in [-0.3, -0.25) is 9.32 Å². The molecule has 0 saturated heterocycles. The van der Waals surface area contributed by atoms with E-state index in [-0.39, 0.29) is 5.69 Å². The van der Waals surface area contributed by atoms with Crippen molar-refractivity contribution in [3.8, 4) is 11.4 Å². The fourth-order valence-corrected chi connectivity index (χ4v) is 2.43. The van der Waals surface area contributed by atoms with Crippen LogP contribution in [0.2, 0.25) is 0 Å². The van der Waals surface area contributed by atoms with E-state index in [0.717, 1.165) is 5.56 Å². The van der Waals surface area contributed by atoms with Crippen molar-refractivity contribution in [2.75, 3.05) is 13.7 Å². The summed E-state index contributed by atoms with van der Waals surface area (Å²) < 4.78 is 11.2. The van der Waals surface area contributed by atoms with Crippen LogP contribution in [-0.4, -0.2) is 24.8 Å². The SMILES string of the molecule is COc1ccc(-[n+]2[nH]oc(=O)c2C(=O)NCCc2ccccc2)cc1. The summed E-state index contributed by atoms with van der Waals surface area (Å²) >= 11 is 0. The lowest BCUT2D eigenvalue weighted by molar-refractivity contribution is -0.672. The number of aromatic amines is 1. The second-order valence-corrected chi connectivity index (χ2v) is 5.35. The van der Waals surface area contributed by atoms with E-state index in [9.17, 15) is 9.59 Å². The Balaban J connectivity index is 1.74. The molecule has 0 bridgehead atoms. The molecule has 3 rings (SSSR count). The van der Waals surface area contributed by atoms with Gasteiger partial charge in [0.2, 0.25) is 5.69 Å². The van der Waals surface area contributed by atoms with Crippen LogP contribution in [0.1, 0.15) is 16.1 Å². The van der Waals surface area contributed by atoms with Crippen LogP contribution in [0.4, 0.5) is 0 Å². The molecule has 1 heterocycles. The van der Waals surface area contributed by atoms with Gasteiger partial charge in [-0.1, -0.05) is 30.3 Å². The molecule has 7 nitrogen and oxygen atoms in total. The number of carbonyl (C=O) groups excluding carboxylic acids is 1. The van der Waals surface area contributed by atoms with Crippen molar-refractivity contribution >= 4 is 5.91 Å². The van der Waals surface area contributed by atoms with Gasteiger partial charge >= 0.3 is 17.2 Å². The van der Waals surface area contributed by atoms with Crippen molar-refractivity contribution in [1.82, 2.24) is 10.6 Å². The van der Waals surface area contributed by atoms with Crippen molar-refractivity contribution in [3.63, 3.8) is 0 Å². The largest absolute Gasteiger partial charge is 0.497 e. The van der Waals surface area contributed by atoms with Crippen molar-refractivity contribution in [2.24, 2.45) is 0 Å². The summed E-state index contributed by atoms with van der Waals surface area (Å²) in [5, 5.41) is 5.19. The molecular formula is C18H18N3O4+. The van der Waals surface area contributed by atoms with E-state index in [1.165, 1.54) is 4.68 Å². The van der Waals surface area contributed by atoms with Gasteiger partial charge in [0, 0.05) is 18.7 Å². The fourth-order valence-electron chi connectivity index (χ4n) is 2.43. The molecule has 0 fully saturated rings. The van der Waals surface area contributed by atoms with Gasteiger partial charge in [0.15, 0.2) is 0 Å². The van der Waals surface area contributed by atoms with Gasteiger partial charge in [-0.15, -0.1) is 0 Å². The molecule has 3 aromatic rings. The molecule has 0 aliphatic rings. The van der Waals surface area contributed by atoms with Crippen molar-refractivity contribution in [2.45, 2.75) is 6.42 Å². The highest BCUT2D eigenvalue weighted by molar-refractivity contribution is 5.90. The Labute approximate surface area is 143 Å². The second-order valence-electron chi connectivity index (χ2n) is 5.35. The van der Waals surface area contributed by atoms with E-state index in [1.807, 2.05) is 30.3 Å². The Kier molecular flexibility index (Phi) is 4.94. The van der Waals surface area contributed by atoms with Crippen LogP contribution < -0.4 is 20.4 Å². The Morgan fingerprint density at radius 2 is 1.88 bits per heavy atom. The number of nitrogens with one attached hydrogen (secondary N) is 2. The number of H-pyrrole nitrogens is 1. The highest BCUT2D eigenvalue weighted by Gasteiger charge is 2.30. The van der Waals surface area contributed by atoms with Gasteiger partial charge in [0.05, 0.1) is 7.11 Å². The third kappa shape index (κ3) is 3.77. The van der Waals surface area contributed by atoms with Gasteiger partial charge < -0.3 is 10.1 Å². The molecule has 0 radical (unpaired) electrons. The molecule has 128 valence electrons. The number of benzene rings is 2. The molecule has 7 heteroatoms. The second kappa shape index (κ2) is 7.48. The van der Waals surface area contributed by atoms with E-state index in [0.29, 0.717) is 24.4 Å². The van der Waals surface area contributed by atoms with Gasteiger partial charge in [0.1, 0.15) is 5.75 Å². The molecule has 2 aromatic carbocycles. The van der Waals surface area contributed by atoms with Gasteiger partial charge in [0.25, 0.3) is 0 Å². The lowest BCUT2D eigenvalue weighted by Crippen LogP contribution is -2.45. The van der Waals surface area contributed by atoms with E-state index in [4.69, 9.17) is 9.26 Å². The van der Waals surface area contributed by atoms with Crippen molar-refractivity contribution in [3.05, 3.63) is 76.3 Å². The number of ether oxygens (including phenoxy) is 1. The summed E-state index contributed by atoms with van der Waals surface area (Å²) in [6.45, 7) is 0.413. The number of nitrogens with zero attached hydrogens (tertiary/aromatic N) is 1. The molecule has 1 aromatic heterocycles. The Morgan fingerprint density at radius 1 is 1.16 bits per heavy atom. The monoisotopic (exact) mass is 340 g/mol. The summed E-state index contributed by atoms with van der Waals surface area (Å²) in [6, 6.07) is 16.7. The summed E-state index contributed by atoms with van der Waals surface area (Å²) in [7, 11) is 1.56. The average Bonchev–Trinajstić information content (AvgIpc) is 3.04. The molecule has 2 N–H and O–H groups in total. The minimum Gasteiger partial charge on any atom is -0.497 e. The standard InChI is InChI=1S/C18H17N3O4/c1-24-15-9-7-14(8-10-15)21-16(18(23)25-20-21)17(22)19-12-11-13-5-3-2-4-6-13/h2-10H,11-12H2,1H3,(H-,19,20,22,23)/p+1. The third-order valence-corrected chi connectivity index (χ3v) is 3.73. The first kappa shape index (κ1) is 16.5. The molecule has 0 atom stereocenters. The number of rotatable bonds is 6. The van der Waals surface area contributed by atoms with Crippen LogP contribution in [-0.2, 0) is 6.42 Å². The number of amides is 1. The lowest BCUT2D eigenvalue weighted by Gasteiger charge is -2.02. The lowest BCUT2D eigenvalue weighted by atomic mass is 10.1. The maximum Gasteiger partial charge on any atom is 0.441 e. The number of hydrogen-bond donors (Lipinski definition) is 2. The summed E-state index contributed by atoms with van der Waals surface area (Å²) in [5.74, 6) is 0.172.